The van der Waals surface area contributed by atoms with Gasteiger partial charge in [-0.1, -0.05) is 12.1 Å². The van der Waals surface area contributed by atoms with Crippen LogP contribution in [-0.2, 0) is 35.6 Å². The Labute approximate surface area is 139 Å². The maximum absolute atomic E-state index is 12.2. The van der Waals surface area contributed by atoms with Crippen molar-refractivity contribution < 1.29 is 14.3 Å². The summed E-state index contributed by atoms with van der Waals surface area (Å²) in [4.78, 5) is 27.3. The monoisotopic (exact) mass is 328 g/mol. The fourth-order valence-corrected chi connectivity index (χ4v) is 2.67. The molecule has 0 unspecified atom stereocenters. The molecular formula is C17H20N4O3. The number of aryl methyl sites for hydroxylation is 1. The number of rotatable bonds is 6. The van der Waals surface area contributed by atoms with Crippen LogP contribution in [0, 0.1) is 0 Å². The molecule has 2 amide bonds. The van der Waals surface area contributed by atoms with Crippen molar-refractivity contribution in [3.63, 3.8) is 0 Å². The quantitative estimate of drug-likeness (QED) is 0.818. The highest BCUT2D eigenvalue weighted by atomic mass is 16.5. The van der Waals surface area contributed by atoms with Crippen LogP contribution in [0.5, 0.6) is 0 Å². The van der Waals surface area contributed by atoms with Gasteiger partial charge in [-0.2, -0.15) is 0 Å². The molecule has 126 valence electrons. The van der Waals surface area contributed by atoms with Crippen molar-refractivity contribution in [2.75, 3.05) is 6.61 Å². The second-order valence-electron chi connectivity index (χ2n) is 5.72. The van der Waals surface area contributed by atoms with E-state index in [1.165, 1.54) is 0 Å². The zero-order valence-corrected chi connectivity index (χ0v) is 13.3. The molecule has 2 aromatic rings. The maximum Gasteiger partial charge on any atom is 0.251 e. The molecule has 0 aliphatic carbocycles. The predicted molar refractivity (Wildman–Crippen MR) is 87.0 cm³/mol. The zero-order chi connectivity index (χ0) is 16.9. The van der Waals surface area contributed by atoms with Gasteiger partial charge in [-0.05, 0) is 24.1 Å². The van der Waals surface area contributed by atoms with E-state index in [0.717, 1.165) is 23.6 Å². The van der Waals surface area contributed by atoms with Gasteiger partial charge in [0.15, 0.2) is 0 Å². The molecule has 0 radical (unpaired) electrons. The first-order valence-corrected chi connectivity index (χ1v) is 7.90. The lowest BCUT2D eigenvalue weighted by atomic mass is 10.1. The Bertz CT molecular complexity index is 737. The van der Waals surface area contributed by atoms with Crippen molar-refractivity contribution >= 4 is 11.8 Å². The fraction of sp³-hybridized carbons (Fsp3) is 0.353. The number of nitrogens with two attached hydrogens (primary N) is 1. The molecule has 1 aliphatic rings. The Kier molecular flexibility index (Phi) is 4.90. The van der Waals surface area contributed by atoms with E-state index in [4.69, 9.17) is 10.5 Å². The van der Waals surface area contributed by atoms with Crippen LogP contribution in [0.4, 0.5) is 0 Å². The Balaban J connectivity index is 1.57. The number of primary amides is 1. The van der Waals surface area contributed by atoms with Gasteiger partial charge in [0.05, 0.1) is 25.0 Å². The highest BCUT2D eigenvalue weighted by Crippen LogP contribution is 2.12. The molecule has 2 heterocycles. The minimum atomic E-state index is -0.327. The molecule has 7 heteroatoms. The lowest BCUT2D eigenvalue weighted by Crippen LogP contribution is -2.26. The number of hydrogen-bond donors (Lipinski definition) is 2. The van der Waals surface area contributed by atoms with Gasteiger partial charge < -0.3 is 20.4 Å². The van der Waals surface area contributed by atoms with Crippen molar-refractivity contribution in [3.8, 4) is 0 Å². The summed E-state index contributed by atoms with van der Waals surface area (Å²) in [5.74, 6) is 0.426. The molecule has 7 nitrogen and oxygen atoms in total. The topological polar surface area (TPSA) is 99.2 Å². The van der Waals surface area contributed by atoms with Gasteiger partial charge in [0.1, 0.15) is 12.4 Å². The number of carbonyl (C=O) groups is 2. The van der Waals surface area contributed by atoms with E-state index < -0.39 is 0 Å². The molecule has 3 N–H and O–H groups in total. The molecule has 1 aliphatic heterocycles. The summed E-state index contributed by atoms with van der Waals surface area (Å²) < 4.78 is 7.43. The number of amides is 2. The second kappa shape index (κ2) is 7.27. The predicted octanol–water partition coefficient (Wildman–Crippen LogP) is 0.761. The third kappa shape index (κ3) is 3.80. The van der Waals surface area contributed by atoms with Gasteiger partial charge >= 0.3 is 0 Å². The molecule has 0 fully saturated rings. The van der Waals surface area contributed by atoms with Crippen LogP contribution in [0.15, 0.2) is 30.5 Å². The number of nitrogens with zero attached hydrogens (tertiary/aromatic N) is 2. The van der Waals surface area contributed by atoms with Crippen LogP contribution in [-0.4, -0.2) is 28.0 Å². The van der Waals surface area contributed by atoms with Crippen LogP contribution in [0.25, 0.3) is 0 Å². The molecule has 0 atom stereocenters. The molecule has 0 spiro atoms. The summed E-state index contributed by atoms with van der Waals surface area (Å²) in [5, 5.41) is 2.91. The van der Waals surface area contributed by atoms with E-state index >= 15 is 0 Å². The summed E-state index contributed by atoms with van der Waals surface area (Å²) in [5.41, 5.74) is 7.67. The van der Waals surface area contributed by atoms with Gasteiger partial charge in [-0.15, -0.1) is 0 Å². The Hall–Kier alpha value is -2.67. The Morgan fingerprint density at radius 1 is 1.29 bits per heavy atom. The highest BCUT2D eigenvalue weighted by Gasteiger charge is 2.15. The molecule has 24 heavy (non-hydrogen) atoms. The number of carbonyl (C=O) groups excluding carboxylic acids is 2. The third-order valence-corrected chi connectivity index (χ3v) is 4.02. The number of hydrogen-bond acceptors (Lipinski definition) is 4. The highest BCUT2D eigenvalue weighted by molar-refractivity contribution is 5.94. The maximum atomic E-state index is 12.2. The van der Waals surface area contributed by atoms with Crippen molar-refractivity contribution in [2.24, 2.45) is 5.73 Å². The zero-order valence-electron chi connectivity index (χ0n) is 13.3. The van der Waals surface area contributed by atoms with E-state index in [1.54, 1.807) is 18.3 Å². The van der Waals surface area contributed by atoms with Gasteiger partial charge in [0.2, 0.25) is 5.91 Å². The second-order valence-corrected chi connectivity index (χ2v) is 5.72. The molecule has 0 saturated heterocycles. The summed E-state index contributed by atoms with van der Waals surface area (Å²) >= 11 is 0. The van der Waals surface area contributed by atoms with Crippen molar-refractivity contribution in [1.29, 1.82) is 0 Å². The van der Waals surface area contributed by atoms with E-state index in [1.807, 2.05) is 12.1 Å². The summed E-state index contributed by atoms with van der Waals surface area (Å²) in [6, 6.07) is 7.20. The molecule has 1 aromatic carbocycles. The molecule has 3 rings (SSSR count). The minimum Gasteiger partial charge on any atom is -0.372 e. The van der Waals surface area contributed by atoms with E-state index in [2.05, 4.69) is 14.9 Å². The fourth-order valence-electron chi connectivity index (χ4n) is 2.67. The Morgan fingerprint density at radius 2 is 2.08 bits per heavy atom. The number of benzene rings is 1. The number of ether oxygens (including phenoxy) is 1. The lowest BCUT2D eigenvalue weighted by molar-refractivity contribution is -0.117. The summed E-state index contributed by atoms with van der Waals surface area (Å²) in [6.45, 7) is 2.36. The van der Waals surface area contributed by atoms with E-state index in [9.17, 15) is 9.59 Å². The SMILES string of the molecule is NC(=O)CCc1ccc(C(=O)NCc2cnc3n2CCOC3)cc1. The average Bonchev–Trinajstić information content (AvgIpc) is 3.01. The van der Waals surface area contributed by atoms with Gasteiger partial charge in [0, 0.05) is 18.5 Å². The third-order valence-electron chi connectivity index (χ3n) is 4.02. The first kappa shape index (κ1) is 16.2. The number of aromatic nitrogens is 2. The van der Waals surface area contributed by atoms with Crippen molar-refractivity contribution in [3.05, 3.63) is 53.1 Å². The van der Waals surface area contributed by atoms with Crippen LogP contribution >= 0.6 is 0 Å². The van der Waals surface area contributed by atoms with Crippen molar-refractivity contribution in [2.45, 2.75) is 32.5 Å². The van der Waals surface area contributed by atoms with E-state index in [-0.39, 0.29) is 11.8 Å². The number of nitrogens with one attached hydrogen (secondary N) is 1. The molecule has 0 bridgehead atoms. The number of fused-ring (bicyclic) bond motifs is 1. The van der Waals surface area contributed by atoms with Gasteiger partial charge in [-0.25, -0.2) is 4.98 Å². The van der Waals surface area contributed by atoms with Crippen LogP contribution in [0.2, 0.25) is 0 Å². The van der Waals surface area contributed by atoms with Gasteiger partial charge in [0.25, 0.3) is 5.91 Å². The average molecular weight is 328 g/mol. The standard InChI is InChI=1S/C17H20N4O3/c18-15(22)6-3-12-1-4-13(5-2-12)17(23)20-10-14-9-19-16-11-24-8-7-21(14)16/h1-2,4-5,9H,3,6-8,10-11H2,(H2,18,22)(H,20,23). The number of imidazole rings is 1. The van der Waals surface area contributed by atoms with Crippen LogP contribution in [0.3, 0.4) is 0 Å². The van der Waals surface area contributed by atoms with Gasteiger partial charge in [-0.3, -0.25) is 9.59 Å². The normalized spacial score (nSPS) is 13.3. The smallest absolute Gasteiger partial charge is 0.251 e. The van der Waals surface area contributed by atoms with Crippen LogP contribution < -0.4 is 11.1 Å². The van der Waals surface area contributed by atoms with Crippen LogP contribution in [0.1, 0.15) is 33.9 Å². The largest absolute Gasteiger partial charge is 0.372 e. The summed E-state index contributed by atoms with van der Waals surface area (Å²) in [7, 11) is 0. The molecule has 0 saturated carbocycles. The van der Waals surface area contributed by atoms with E-state index in [0.29, 0.717) is 38.2 Å². The lowest BCUT2D eigenvalue weighted by Gasteiger charge is -2.17. The van der Waals surface area contributed by atoms with Crippen molar-refractivity contribution in [1.82, 2.24) is 14.9 Å². The molecular weight excluding hydrogens is 308 g/mol. The Morgan fingerprint density at radius 3 is 2.83 bits per heavy atom. The first-order valence-electron chi connectivity index (χ1n) is 7.90. The summed E-state index contributed by atoms with van der Waals surface area (Å²) in [6.07, 6.45) is 2.67. The first-order chi connectivity index (χ1) is 11.6. The molecule has 1 aromatic heterocycles. The minimum absolute atomic E-state index is 0.140.